The van der Waals surface area contributed by atoms with Gasteiger partial charge in [-0.15, -0.1) is 11.3 Å². The topological polar surface area (TPSA) is 52.7 Å². The number of para-hydroxylation sites is 1. The summed E-state index contributed by atoms with van der Waals surface area (Å²) in [6, 6.07) is 17.2. The van der Waals surface area contributed by atoms with E-state index in [9.17, 15) is 9.59 Å². The molecule has 1 N–H and O–H groups in total. The van der Waals surface area contributed by atoms with E-state index in [1.807, 2.05) is 47.4 Å². The van der Waals surface area contributed by atoms with E-state index in [-0.39, 0.29) is 18.4 Å². The van der Waals surface area contributed by atoms with Crippen molar-refractivity contribution in [1.29, 1.82) is 0 Å². The van der Waals surface area contributed by atoms with E-state index in [0.717, 1.165) is 15.0 Å². The molecule has 7 heteroatoms. The number of fused-ring (bicyclic) bond motifs is 1. The van der Waals surface area contributed by atoms with E-state index in [4.69, 9.17) is 11.6 Å². The van der Waals surface area contributed by atoms with Gasteiger partial charge >= 0.3 is 0 Å². The summed E-state index contributed by atoms with van der Waals surface area (Å²) in [5.74, 6) is -0.0289. The van der Waals surface area contributed by atoms with E-state index in [2.05, 4.69) is 10.2 Å². The van der Waals surface area contributed by atoms with Gasteiger partial charge in [0.15, 0.2) is 0 Å². The van der Waals surface area contributed by atoms with Crippen LogP contribution in [0.3, 0.4) is 0 Å². The molecule has 2 heterocycles. The van der Waals surface area contributed by atoms with E-state index < -0.39 is 0 Å². The van der Waals surface area contributed by atoms with Gasteiger partial charge in [0.1, 0.15) is 0 Å². The van der Waals surface area contributed by atoms with Crippen LogP contribution in [0.4, 0.5) is 5.69 Å². The Balaban J connectivity index is 1.31. The Kier molecular flexibility index (Phi) is 5.62. The second-order valence-electron chi connectivity index (χ2n) is 6.74. The Labute approximate surface area is 172 Å². The first-order valence-corrected chi connectivity index (χ1v) is 10.3. The summed E-state index contributed by atoms with van der Waals surface area (Å²) in [7, 11) is 0. The normalized spacial score (nSPS) is 15.0. The van der Waals surface area contributed by atoms with Crippen molar-refractivity contribution in [3.05, 3.63) is 64.5 Å². The minimum atomic E-state index is -0.0996. The van der Waals surface area contributed by atoms with Crippen LogP contribution in [0, 0.1) is 0 Å². The molecule has 0 saturated carbocycles. The van der Waals surface area contributed by atoms with Crippen molar-refractivity contribution in [1.82, 2.24) is 9.80 Å². The third-order valence-electron chi connectivity index (χ3n) is 4.81. The molecule has 0 radical (unpaired) electrons. The first-order chi connectivity index (χ1) is 13.6. The Morgan fingerprint density at radius 1 is 1.00 bits per heavy atom. The van der Waals surface area contributed by atoms with Crippen LogP contribution >= 0.6 is 22.9 Å². The van der Waals surface area contributed by atoms with Crippen molar-refractivity contribution in [2.24, 2.45) is 0 Å². The van der Waals surface area contributed by atoms with Crippen molar-refractivity contribution in [3.8, 4) is 0 Å². The monoisotopic (exact) mass is 413 g/mol. The first-order valence-electron chi connectivity index (χ1n) is 9.15. The van der Waals surface area contributed by atoms with E-state index >= 15 is 0 Å². The molecule has 28 heavy (non-hydrogen) atoms. The molecular weight excluding hydrogens is 394 g/mol. The van der Waals surface area contributed by atoms with E-state index in [1.54, 1.807) is 12.1 Å². The number of nitrogens with zero attached hydrogens (tertiary/aromatic N) is 2. The van der Waals surface area contributed by atoms with Gasteiger partial charge in [0.25, 0.3) is 5.91 Å². The second-order valence-corrected chi connectivity index (χ2v) is 8.24. The summed E-state index contributed by atoms with van der Waals surface area (Å²) in [6.07, 6.45) is 0. The van der Waals surface area contributed by atoms with Crippen LogP contribution in [-0.2, 0) is 4.79 Å². The number of carbonyl (C=O) groups excluding carboxylic acids is 2. The van der Waals surface area contributed by atoms with Gasteiger partial charge < -0.3 is 10.2 Å². The number of piperazine rings is 1. The Morgan fingerprint density at radius 2 is 1.71 bits per heavy atom. The molecule has 0 spiro atoms. The van der Waals surface area contributed by atoms with Gasteiger partial charge in [-0.05, 0) is 29.7 Å². The number of rotatable bonds is 4. The van der Waals surface area contributed by atoms with Gasteiger partial charge in [0.05, 0.1) is 22.1 Å². The van der Waals surface area contributed by atoms with Crippen molar-refractivity contribution >= 4 is 50.5 Å². The zero-order chi connectivity index (χ0) is 19.5. The van der Waals surface area contributed by atoms with Crippen molar-refractivity contribution in [3.63, 3.8) is 0 Å². The molecule has 5 nitrogen and oxygen atoms in total. The zero-order valence-corrected chi connectivity index (χ0v) is 16.8. The maximum atomic E-state index is 12.8. The lowest BCUT2D eigenvalue weighted by atomic mass is 10.2. The Morgan fingerprint density at radius 3 is 2.46 bits per heavy atom. The summed E-state index contributed by atoms with van der Waals surface area (Å²) >= 11 is 7.61. The van der Waals surface area contributed by atoms with Crippen molar-refractivity contribution in [2.45, 2.75) is 0 Å². The van der Waals surface area contributed by atoms with Gasteiger partial charge in [-0.2, -0.15) is 0 Å². The smallest absolute Gasteiger partial charge is 0.264 e. The van der Waals surface area contributed by atoms with Crippen LogP contribution in [0.1, 0.15) is 9.67 Å². The first kappa shape index (κ1) is 18.9. The summed E-state index contributed by atoms with van der Waals surface area (Å²) in [6.45, 7) is 2.87. The van der Waals surface area contributed by atoms with E-state index in [1.165, 1.54) is 11.3 Å². The molecule has 1 fully saturated rings. The molecule has 2 amide bonds. The predicted molar refractivity (Wildman–Crippen MR) is 114 cm³/mol. The van der Waals surface area contributed by atoms with Crippen LogP contribution in [-0.4, -0.2) is 54.3 Å². The highest BCUT2D eigenvalue weighted by Crippen LogP contribution is 2.26. The minimum Gasteiger partial charge on any atom is -0.335 e. The largest absolute Gasteiger partial charge is 0.335 e. The fourth-order valence-electron chi connectivity index (χ4n) is 3.31. The van der Waals surface area contributed by atoms with Crippen LogP contribution < -0.4 is 5.32 Å². The number of thiophene rings is 1. The predicted octanol–water partition coefficient (Wildman–Crippen LogP) is 3.95. The number of halogens is 1. The van der Waals surface area contributed by atoms with Gasteiger partial charge in [-0.3, -0.25) is 14.5 Å². The van der Waals surface area contributed by atoms with Crippen molar-refractivity contribution in [2.75, 3.05) is 38.0 Å². The minimum absolute atomic E-state index is 0.0707. The number of benzene rings is 2. The SMILES string of the molecule is O=C(CN1CCN(C(=O)c2cc3ccccc3s2)CC1)Nc1ccccc1Cl. The molecular formula is C21H20ClN3O2S. The number of anilines is 1. The lowest BCUT2D eigenvalue weighted by Crippen LogP contribution is -2.50. The fourth-order valence-corrected chi connectivity index (χ4v) is 4.52. The molecule has 144 valence electrons. The standard InChI is InChI=1S/C21H20ClN3O2S/c22-16-6-2-3-7-17(16)23-20(26)14-24-9-11-25(12-10-24)21(27)19-13-15-5-1-4-8-18(15)28-19/h1-8,13H,9-12,14H2,(H,23,26). The maximum Gasteiger partial charge on any atom is 0.264 e. The van der Waals surface area contributed by atoms with Crippen LogP contribution in [0.15, 0.2) is 54.6 Å². The molecule has 1 saturated heterocycles. The molecule has 1 aliphatic rings. The maximum absolute atomic E-state index is 12.8. The molecule has 1 aliphatic heterocycles. The molecule has 2 aromatic carbocycles. The number of hydrogen-bond donors (Lipinski definition) is 1. The molecule has 0 aliphatic carbocycles. The van der Waals surface area contributed by atoms with Crippen molar-refractivity contribution < 1.29 is 9.59 Å². The average Bonchev–Trinajstić information content (AvgIpc) is 3.14. The molecule has 0 bridgehead atoms. The molecule has 4 rings (SSSR count). The third kappa shape index (κ3) is 4.19. The number of hydrogen-bond acceptors (Lipinski definition) is 4. The Bertz CT molecular complexity index is 979. The van der Waals surface area contributed by atoms with E-state index in [0.29, 0.717) is 36.9 Å². The third-order valence-corrected chi connectivity index (χ3v) is 6.24. The van der Waals surface area contributed by atoms with Gasteiger partial charge in [0, 0.05) is 30.9 Å². The zero-order valence-electron chi connectivity index (χ0n) is 15.2. The second kappa shape index (κ2) is 8.31. The van der Waals surface area contributed by atoms with Crippen LogP contribution in [0.25, 0.3) is 10.1 Å². The molecule has 1 aromatic heterocycles. The lowest BCUT2D eigenvalue weighted by Gasteiger charge is -2.34. The van der Waals surface area contributed by atoms with Gasteiger partial charge in [-0.25, -0.2) is 0 Å². The average molecular weight is 414 g/mol. The highest BCUT2D eigenvalue weighted by Gasteiger charge is 2.24. The van der Waals surface area contributed by atoms with Gasteiger partial charge in [0.2, 0.25) is 5.91 Å². The number of carbonyl (C=O) groups is 2. The molecule has 0 unspecified atom stereocenters. The fraction of sp³-hybridized carbons (Fsp3) is 0.238. The molecule has 0 atom stereocenters. The van der Waals surface area contributed by atoms with Crippen LogP contribution in [0.5, 0.6) is 0 Å². The summed E-state index contributed by atoms with van der Waals surface area (Å²) in [5, 5.41) is 4.47. The quantitative estimate of drug-likeness (QED) is 0.704. The summed E-state index contributed by atoms with van der Waals surface area (Å²) in [4.78, 5) is 29.8. The number of nitrogens with one attached hydrogen (secondary N) is 1. The van der Waals surface area contributed by atoms with Crippen LogP contribution in [0.2, 0.25) is 5.02 Å². The highest BCUT2D eigenvalue weighted by molar-refractivity contribution is 7.20. The number of amides is 2. The summed E-state index contributed by atoms with van der Waals surface area (Å²) in [5.41, 5.74) is 0.618. The lowest BCUT2D eigenvalue weighted by molar-refractivity contribution is -0.117. The Hall–Kier alpha value is -2.41. The highest BCUT2D eigenvalue weighted by atomic mass is 35.5. The summed E-state index contributed by atoms with van der Waals surface area (Å²) < 4.78 is 1.13. The molecule has 3 aromatic rings. The van der Waals surface area contributed by atoms with Gasteiger partial charge in [-0.1, -0.05) is 41.9 Å².